The van der Waals surface area contributed by atoms with Crippen molar-refractivity contribution in [1.82, 2.24) is 9.97 Å². The third-order valence-electron chi connectivity index (χ3n) is 3.38. The lowest BCUT2D eigenvalue weighted by atomic mass is 9.64. The number of nitrogens with zero attached hydrogens (tertiary/aromatic N) is 2. The molecule has 0 saturated heterocycles. The molecule has 0 radical (unpaired) electrons. The summed E-state index contributed by atoms with van der Waals surface area (Å²) in [5, 5.41) is 2.45. The molecule has 0 N–H and O–H groups in total. The van der Waals surface area contributed by atoms with Crippen molar-refractivity contribution in [3.8, 4) is 0 Å². The van der Waals surface area contributed by atoms with Crippen LogP contribution in [0.25, 0.3) is 21.8 Å². The first kappa shape index (κ1) is 10.3. The fourth-order valence-electron chi connectivity index (χ4n) is 2.55. The summed E-state index contributed by atoms with van der Waals surface area (Å²) in [4.78, 5) is 8.98. The van der Waals surface area contributed by atoms with E-state index in [0.29, 0.717) is 0 Å². The van der Waals surface area contributed by atoms with E-state index in [2.05, 4.69) is 36.8 Å². The number of rotatable bonds is 1. The molecule has 17 heavy (non-hydrogen) atoms. The molecule has 0 aliphatic heterocycles. The summed E-state index contributed by atoms with van der Waals surface area (Å²) >= 11 is 0. The second-order valence-electron chi connectivity index (χ2n) is 4.26. The van der Waals surface area contributed by atoms with Crippen LogP contribution in [0.2, 0.25) is 6.82 Å². The molecule has 2 aromatic heterocycles. The van der Waals surface area contributed by atoms with E-state index in [-0.39, 0.29) is 0 Å². The van der Waals surface area contributed by atoms with Gasteiger partial charge in [0.2, 0.25) is 0 Å². The minimum absolute atomic E-state index is 1.01. The summed E-state index contributed by atoms with van der Waals surface area (Å²) in [6.07, 6.45) is 3.67. The second kappa shape index (κ2) is 3.88. The van der Waals surface area contributed by atoms with Crippen molar-refractivity contribution >= 4 is 47.9 Å². The Bertz CT molecular complexity index is 710. The largest absolute Gasteiger partial charge is 0.254 e. The standard InChI is InChI=1S/C13H12B2N2/c1-15-11-9-5-3-7-17-13(9)12-8(10(11)14)4-2-6-16-12/h2-7,15H,14H2,1H3. The minimum atomic E-state index is 1.01. The Morgan fingerprint density at radius 3 is 2.24 bits per heavy atom. The van der Waals surface area contributed by atoms with Gasteiger partial charge >= 0.3 is 0 Å². The molecule has 0 saturated carbocycles. The normalized spacial score (nSPS) is 10.9. The van der Waals surface area contributed by atoms with E-state index in [1.807, 2.05) is 24.5 Å². The molecule has 0 fully saturated rings. The Morgan fingerprint density at radius 1 is 1.00 bits per heavy atom. The molecule has 0 aliphatic rings. The number of hydrogen-bond acceptors (Lipinski definition) is 2. The summed E-state index contributed by atoms with van der Waals surface area (Å²) in [5.74, 6) is 0. The Labute approximate surface area is 102 Å². The Hall–Kier alpha value is -1.83. The zero-order valence-corrected chi connectivity index (χ0v) is 10.1. The second-order valence-corrected chi connectivity index (χ2v) is 4.26. The van der Waals surface area contributed by atoms with Crippen molar-refractivity contribution in [3.63, 3.8) is 0 Å². The van der Waals surface area contributed by atoms with Gasteiger partial charge < -0.3 is 0 Å². The third-order valence-corrected chi connectivity index (χ3v) is 3.38. The molecule has 4 heteroatoms. The first-order valence-electron chi connectivity index (χ1n) is 5.93. The van der Waals surface area contributed by atoms with Crippen LogP contribution in [0.1, 0.15) is 0 Å². The number of hydrogen-bond donors (Lipinski definition) is 0. The predicted molar refractivity (Wildman–Crippen MR) is 77.9 cm³/mol. The van der Waals surface area contributed by atoms with E-state index in [9.17, 15) is 0 Å². The topological polar surface area (TPSA) is 25.8 Å². The fourth-order valence-corrected chi connectivity index (χ4v) is 2.55. The number of fused-ring (bicyclic) bond motifs is 3. The molecule has 2 heterocycles. The maximum atomic E-state index is 4.50. The molecule has 80 valence electrons. The van der Waals surface area contributed by atoms with Gasteiger partial charge in [-0.1, -0.05) is 29.9 Å². The maximum Gasteiger partial charge on any atom is 0.154 e. The van der Waals surface area contributed by atoms with Crippen LogP contribution < -0.4 is 10.9 Å². The molecule has 2 nitrogen and oxygen atoms in total. The lowest BCUT2D eigenvalue weighted by Gasteiger charge is -2.11. The van der Waals surface area contributed by atoms with Crippen molar-refractivity contribution in [2.24, 2.45) is 0 Å². The zero-order chi connectivity index (χ0) is 11.8. The average Bonchev–Trinajstić information content (AvgIpc) is 2.40. The van der Waals surface area contributed by atoms with Crippen LogP contribution in [0.3, 0.4) is 0 Å². The van der Waals surface area contributed by atoms with Gasteiger partial charge in [-0.05, 0) is 22.9 Å². The highest BCUT2D eigenvalue weighted by molar-refractivity contribution is 6.65. The van der Waals surface area contributed by atoms with E-state index < -0.39 is 0 Å². The lowest BCUT2D eigenvalue weighted by Crippen LogP contribution is -2.31. The van der Waals surface area contributed by atoms with Gasteiger partial charge in [-0.15, -0.1) is 0 Å². The Morgan fingerprint density at radius 2 is 1.59 bits per heavy atom. The quantitative estimate of drug-likeness (QED) is 0.429. The van der Waals surface area contributed by atoms with Crippen LogP contribution in [-0.2, 0) is 0 Å². The van der Waals surface area contributed by atoms with Crippen molar-refractivity contribution in [3.05, 3.63) is 36.7 Å². The first-order chi connectivity index (χ1) is 8.33. The zero-order valence-electron chi connectivity index (χ0n) is 10.1. The molecule has 0 atom stereocenters. The molecule has 0 amide bonds. The summed E-state index contributed by atoms with van der Waals surface area (Å²) in [7, 11) is 3.20. The number of pyridine rings is 2. The molecule has 0 unspecified atom stereocenters. The minimum Gasteiger partial charge on any atom is -0.254 e. The summed E-state index contributed by atoms with van der Waals surface area (Å²) in [6.45, 7) is 2.19. The highest BCUT2D eigenvalue weighted by atomic mass is 14.7. The Kier molecular flexibility index (Phi) is 2.36. The van der Waals surface area contributed by atoms with Gasteiger partial charge in [0, 0.05) is 12.4 Å². The highest BCUT2D eigenvalue weighted by Crippen LogP contribution is 2.17. The summed E-state index contributed by atoms with van der Waals surface area (Å²) in [5.41, 5.74) is 4.74. The van der Waals surface area contributed by atoms with Gasteiger partial charge in [-0.3, -0.25) is 9.97 Å². The van der Waals surface area contributed by atoms with E-state index in [0.717, 1.165) is 18.3 Å². The number of benzene rings is 1. The summed E-state index contributed by atoms with van der Waals surface area (Å²) < 4.78 is 0. The van der Waals surface area contributed by atoms with Crippen LogP contribution in [-0.4, -0.2) is 25.1 Å². The SMILES string of the molecule is Bc1c(BC)c2cccnc2c2ncccc12. The Balaban J connectivity index is 2.64. The molecule has 0 spiro atoms. The molecule has 3 aromatic rings. The van der Waals surface area contributed by atoms with E-state index in [1.165, 1.54) is 21.7 Å². The maximum absolute atomic E-state index is 4.50. The van der Waals surface area contributed by atoms with Gasteiger partial charge in [0.1, 0.15) is 7.85 Å². The van der Waals surface area contributed by atoms with Crippen molar-refractivity contribution in [1.29, 1.82) is 0 Å². The molecular formula is C13H12B2N2. The highest BCUT2D eigenvalue weighted by Gasteiger charge is 2.10. The van der Waals surface area contributed by atoms with Gasteiger partial charge in [0.15, 0.2) is 7.28 Å². The van der Waals surface area contributed by atoms with Crippen LogP contribution in [0.4, 0.5) is 0 Å². The first-order valence-corrected chi connectivity index (χ1v) is 5.93. The van der Waals surface area contributed by atoms with Gasteiger partial charge in [0.25, 0.3) is 0 Å². The smallest absolute Gasteiger partial charge is 0.154 e. The molecule has 1 aromatic carbocycles. The van der Waals surface area contributed by atoms with Gasteiger partial charge in [-0.25, -0.2) is 0 Å². The van der Waals surface area contributed by atoms with Crippen molar-refractivity contribution in [2.45, 2.75) is 6.82 Å². The van der Waals surface area contributed by atoms with E-state index in [1.54, 1.807) is 0 Å². The molecule has 0 aliphatic carbocycles. The lowest BCUT2D eigenvalue weighted by molar-refractivity contribution is 1.38. The van der Waals surface area contributed by atoms with Crippen molar-refractivity contribution < 1.29 is 0 Å². The van der Waals surface area contributed by atoms with Crippen molar-refractivity contribution in [2.75, 3.05) is 0 Å². The van der Waals surface area contributed by atoms with Gasteiger partial charge in [-0.2, -0.15) is 0 Å². The van der Waals surface area contributed by atoms with E-state index >= 15 is 0 Å². The molecule has 3 rings (SSSR count). The predicted octanol–water partition coefficient (Wildman–Crippen LogP) is 0.151. The molecular weight excluding hydrogens is 206 g/mol. The van der Waals surface area contributed by atoms with Crippen LogP contribution >= 0.6 is 0 Å². The number of aromatic nitrogens is 2. The fraction of sp³-hybridized carbons (Fsp3) is 0.0769. The van der Waals surface area contributed by atoms with Crippen LogP contribution in [0.5, 0.6) is 0 Å². The third kappa shape index (κ3) is 1.44. The van der Waals surface area contributed by atoms with Gasteiger partial charge in [0.05, 0.1) is 11.0 Å². The average molecular weight is 218 g/mol. The summed E-state index contributed by atoms with van der Waals surface area (Å²) in [6, 6.07) is 8.26. The van der Waals surface area contributed by atoms with E-state index in [4.69, 9.17) is 0 Å². The van der Waals surface area contributed by atoms with Crippen LogP contribution in [0.15, 0.2) is 36.7 Å². The monoisotopic (exact) mass is 218 g/mol. The molecule has 0 bridgehead atoms. The van der Waals surface area contributed by atoms with Crippen LogP contribution in [0, 0.1) is 0 Å².